The zero-order valence-electron chi connectivity index (χ0n) is 10.8. The predicted molar refractivity (Wildman–Crippen MR) is 69.4 cm³/mol. The van der Waals surface area contributed by atoms with Crippen LogP contribution >= 0.6 is 0 Å². The van der Waals surface area contributed by atoms with Gasteiger partial charge in [-0.2, -0.15) is 0 Å². The van der Waals surface area contributed by atoms with Gasteiger partial charge in [0.1, 0.15) is 17.1 Å². The lowest BCUT2D eigenvalue weighted by Gasteiger charge is -2.17. The van der Waals surface area contributed by atoms with Crippen LogP contribution < -0.4 is 5.32 Å². The third-order valence-electron chi connectivity index (χ3n) is 2.84. The Morgan fingerprint density at radius 3 is 2.65 bits per heavy atom. The van der Waals surface area contributed by atoms with E-state index in [4.69, 9.17) is 10.2 Å². The summed E-state index contributed by atoms with van der Waals surface area (Å²) < 4.78 is 13.6. The van der Waals surface area contributed by atoms with Gasteiger partial charge in [0.25, 0.3) is 5.69 Å². The quantitative estimate of drug-likeness (QED) is 0.522. The first kappa shape index (κ1) is 15.8. The van der Waals surface area contributed by atoms with Crippen molar-refractivity contribution in [3.63, 3.8) is 0 Å². The maximum absolute atomic E-state index is 13.6. The van der Waals surface area contributed by atoms with Crippen LogP contribution in [0.3, 0.4) is 0 Å². The fourth-order valence-electron chi connectivity index (χ4n) is 1.75. The second kappa shape index (κ2) is 6.80. The molecule has 8 heteroatoms. The van der Waals surface area contributed by atoms with E-state index in [2.05, 4.69) is 5.32 Å². The summed E-state index contributed by atoms with van der Waals surface area (Å²) in [7, 11) is 0. The van der Waals surface area contributed by atoms with Gasteiger partial charge >= 0.3 is 5.97 Å². The number of carbonyl (C=O) groups is 1. The number of aliphatic hydroxyl groups is 1. The van der Waals surface area contributed by atoms with Gasteiger partial charge in [-0.05, 0) is 12.8 Å². The summed E-state index contributed by atoms with van der Waals surface area (Å²) >= 11 is 0. The Hall–Kier alpha value is -2.22. The van der Waals surface area contributed by atoms with Crippen LogP contribution in [-0.2, 0) is 0 Å². The molecule has 1 aromatic carbocycles. The topological polar surface area (TPSA) is 113 Å². The van der Waals surface area contributed by atoms with E-state index < -0.39 is 28.0 Å². The van der Waals surface area contributed by atoms with Gasteiger partial charge in [-0.3, -0.25) is 10.1 Å². The molecule has 0 aliphatic rings. The first-order chi connectivity index (χ1) is 9.40. The highest BCUT2D eigenvalue weighted by Gasteiger charge is 2.23. The Labute approximate surface area is 114 Å². The highest BCUT2D eigenvalue weighted by atomic mass is 19.1. The van der Waals surface area contributed by atoms with Gasteiger partial charge in [-0.1, -0.05) is 6.92 Å². The van der Waals surface area contributed by atoms with Crippen LogP contribution in [0.25, 0.3) is 0 Å². The molecule has 0 aromatic heterocycles. The molecule has 1 unspecified atom stereocenters. The third-order valence-corrected chi connectivity index (χ3v) is 2.84. The largest absolute Gasteiger partial charge is 0.478 e. The average molecular weight is 286 g/mol. The number of hydrogen-bond acceptors (Lipinski definition) is 5. The summed E-state index contributed by atoms with van der Waals surface area (Å²) in [6, 6.07) is 1.21. The number of aliphatic hydroxyl groups excluding tert-OH is 1. The Morgan fingerprint density at radius 2 is 2.20 bits per heavy atom. The fourth-order valence-corrected chi connectivity index (χ4v) is 1.75. The second-order valence-electron chi connectivity index (χ2n) is 4.17. The van der Waals surface area contributed by atoms with E-state index in [0.717, 1.165) is 6.07 Å². The summed E-state index contributed by atoms with van der Waals surface area (Å²) in [6.07, 6.45) is 0.913. The molecule has 7 nitrogen and oxygen atoms in total. The zero-order valence-corrected chi connectivity index (χ0v) is 10.8. The summed E-state index contributed by atoms with van der Waals surface area (Å²) in [5.41, 5.74) is -1.37. The Bertz CT molecular complexity index is 521. The fraction of sp³-hybridized carbons (Fsp3) is 0.417. The van der Waals surface area contributed by atoms with E-state index >= 15 is 0 Å². The zero-order chi connectivity index (χ0) is 15.3. The lowest BCUT2D eigenvalue weighted by Crippen LogP contribution is -2.21. The lowest BCUT2D eigenvalue weighted by molar-refractivity contribution is -0.384. The smallest absolute Gasteiger partial charge is 0.338 e. The maximum atomic E-state index is 13.6. The molecule has 0 aliphatic carbocycles. The SMILES string of the molecule is CCC(CCO)Nc1cc(F)c(C(=O)O)cc1[N+](=O)[O-]. The van der Waals surface area contributed by atoms with Crippen LogP contribution in [0, 0.1) is 15.9 Å². The number of carboxylic acid groups (broad SMARTS) is 1. The van der Waals surface area contributed by atoms with Crippen LogP contribution in [0.15, 0.2) is 12.1 Å². The summed E-state index contributed by atoms with van der Waals surface area (Å²) in [5.74, 6) is -2.62. The van der Waals surface area contributed by atoms with Crippen molar-refractivity contribution in [1.82, 2.24) is 0 Å². The van der Waals surface area contributed by atoms with E-state index in [9.17, 15) is 19.3 Å². The van der Waals surface area contributed by atoms with E-state index in [-0.39, 0.29) is 18.3 Å². The van der Waals surface area contributed by atoms with Gasteiger partial charge in [0.15, 0.2) is 0 Å². The van der Waals surface area contributed by atoms with Crippen molar-refractivity contribution in [2.75, 3.05) is 11.9 Å². The first-order valence-electron chi connectivity index (χ1n) is 5.99. The molecule has 0 amide bonds. The molecule has 110 valence electrons. The standard InChI is InChI=1S/C12H15FN2O5/c1-2-7(3-4-16)14-10-6-9(13)8(12(17)18)5-11(10)15(19)20/h5-7,14,16H,2-4H2,1H3,(H,17,18). The predicted octanol–water partition coefficient (Wildman–Crippen LogP) is 2.00. The van der Waals surface area contributed by atoms with Crippen molar-refractivity contribution in [3.8, 4) is 0 Å². The molecule has 0 aliphatic heterocycles. The van der Waals surface area contributed by atoms with Crippen molar-refractivity contribution in [2.24, 2.45) is 0 Å². The third kappa shape index (κ3) is 3.64. The van der Waals surface area contributed by atoms with Crippen LogP contribution in [0.4, 0.5) is 15.8 Å². The molecule has 1 aromatic rings. The molecule has 0 bridgehead atoms. The summed E-state index contributed by atoms with van der Waals surface area (Å²) in [6.45, 7) is 1.69. The number of nitro groups is 1. The van der Waals surface area contributed by atoms with Gasteiger partial charge in [0.2, 0.25) is 0 Å². The second-order valence-corrected chi connectivity index (χ2v) is 4.17. The number of halogens is 1. The van der Waals surface area contributed by atoms with Gasteiger partial charge in [-0.15, -0.1) is 0 Å². The molecular weight excluding hydrogens is 271 g/mol. The van der Waals surface area contributed by atoms with E-state index in [1.165, 1.54) is 0 Å². The highest BCUT2D eigenvalue weighted by molar-refractivity contribution is 5.90. The van der Waals surface area contributed by atoms with Gasteiger partial charge < -0.3 is 15.5 Å². The van der Waals surface area contributed by atoms with E-state index in [1.807, 2.05) is 0 Å². The van der Waals surface area contributed by atoms with Crippen LogP contribution in [0.2, 0.25) is 0 Å². The molecule has 20 heavy (non-hydrogen) atoms. The number of nitro benzene ring substituents is 1. The molecule has 0 fully saturated rings. The van der Waals surface area contributed by atoms with Crippen LogP contribution in [0.5, 0.6) is 0 Å². The minimum atomic E-state index is -1.57. The number of nitrogens with one attached hydrogen (secondary N) is 1. The molecule has 1 rings (SSSR count). The highest BCUT2D eigenvalue weighted by Crippen LogP contribution is 2.29. The van der Waals surface area contributed by atoms with Crippen molar-refractivity contribution < 1.29 is 24.3 Å². The van der Waals surface area contributed by atoms with Crippen molar-refractivity contribution >= 4 is 17.3 Å². The molecule has 0 radical (unpaired) electrons. The molecule has 1 atom stereocenters. The minimum Gasteiger partial charge on any atom is -0.478 e. The molecule has 0 spiro atoms. The first-order valence-corrected chi connectivity index (χ1v) is 5.99. The Balaban J connectivity index is 3.21. The van der Waals surface area contributed by atoms with Crippen LogP contribution in [-0.4, -0.2) is 33.8 Å². The number of aromatic carboxylic acids is 1. The number of nitrogens with zero attached hydrogens (tertiary/aromatic N) is 1. The molecule has 0 saturated heterocycles. The Kier molecular flexibility index (Phi) is 5.39. The molecule has 3 N–H and O–H groups in total. The monoisotopic (exact) mass is 286 g/mol. The average Bonchev–Trinajstić information content (AvgIpc) is 2.37. The van der Waals surface area contributed by atoms with E-state index in [1.54, 1.807) is 6.92 Å². The minimum absolute atomic E-state index is 0.0993. The summed E-state index contributed by atoms with van der Waals surface area (Å²) in [4.78, 5) is 20.9. The maximum Gasteiger partial charge on any atom is 0.338 e. The number of anilines is 1. The lowest BCUT2D eigenvalue weighted by atomic mass is 10.1. The van der Waals surface area contributed by atoms with Gasteiger partial charge in [0, 0.05) is 24.8 Å². The number of benzene rings is 1. The molecule has 0 saturated carbocycles. The van der Waals surface area contributed by atoms with Gasteiger partial charge in [-0.25, -0.2) is 9.18 Å². The van der Waals surface area contributed by atoms with E-state index in [0.29, 0.717) is 18.9 Å². The number of hydrogen-bond donors (Lipinski definition) is 3. The molecular formula is C12H15FN2O5. The van der Waals surface area contributed by atoms with Crippen molar-refractivity contribution in [3.05, 3.63) is 33.6 Å². The normalized spacial score (nSPS) is 11.9. The van der Waals surface area contributed by atoms with Crippen molar-refractivity contribution in [1.29, 1.82) is 0 Å². The van der Waals surface area contributed by atoms with Gasteiger partial charge in [0.05, 0.1) is 4.92 Å². The van der Waals surface area contributed by atoms with Crippen molar-refractivity contribution in [2.45, 2.75) is 25.8 Å². The summed E-state index contributed by atoms with van der Waals surface area (Å²) in [5, 5.41) is 31.3. The van der Waals surface area contributed by atoms with Crippen LogP contribution in [0.1, 0.15) is 30.1 Å². The number of carboxylic acids is 1. The molecule has 0 heterocycles. The number of rotatable bonds is 7. The Morgan fingerprint density at radius 1 is 1.55 bits per heavy atom.